The van der Waals surface area contributed by atoms with Gasteiger partial charge in [0, 0.05) is 32.2 Å². The number of rotatable bonds is 4. The first-order chi connectivity index (χ1) is 6.65. The van der Waals surface area contributed by atoms with E-state index in [0.717, 1.165) is 12.5 Å². The second kappa shape index (κ2) is 5.49. The molecule has 0 aromatic carbocycles. The zero-order valence-electron chi connectivity index (χ0n) is 9.61. The topological polar surface area (TPSA) is 32.5 Å². The Morgan fingerprint density at radius 3 is 2.57 bits per heavy atom. The molecule has 0 saturated carbocycles. The Balaban J connectivity index is 2.35. The molecule has 1 rings (SSSR count). The van der Waals surface area contributed by atoms with Crippen molar-refractivity contribution >= 4 is 0 Å². The number of hydrogen-bond donors (Lipinski definition) is 1. The summed E-state index contributed by atoms with van der Waals surface area (Å²) in [5.41, 5.74) is 5.40. The second-order valence-corrected chi connectivity index (χ2v) is 4.43. The molecule has 0 aromatic heterocycles. The van der Waals surface area contributed by atoms with Crippen LogP contribution in [0, 0.1) is 5.92 Å². The van der Waals surface area contributed by atoms with Gasteiger partial charge in [-0.15, -0.1) is 0 Å². The molecule has 0 aromatic rings. The normalized spacial score (nSPS) is 29.5. The van der Waals surface area contributed by atoms with Gasteiger partial charge in [0.2, 0.25) is 0 Å². The highest BCUT2D eigenvalue weighted by Crippen LogP contribution is 2.19. The van der Waals surface area contributed by atoms with Crippen molar-refractivity contribution in [3.63, 3.8) is 0 Å². The van der Waals surface area contributed by atoms with E-state index in [1.807, 2.05) is 6.08 Å². The predicted octanol–water partition coefficient (Wildman–Crippen LogP) is 0.383. The third-order valence-electron chi connectivity index (χ3n) is 2.98. The Hall–Kier alpha value is -0.380. The minimum atomic E-state index is 0.653. The van der Waals surface area contributed by atoms with E-state index >= 15 is 0 Å². The Bertz CT molecular complexity index is 189. The number of hydrogen-bond acceptors (Lipinski definition) is 3. The van der Waals surface area contributed by atoms with Crippen molar-refractivity contribution in [1.82, 2.24) is 9.80 Å². The molecule has 0 amide bonds. The highest BCUT2D eigenvalue weighted by molar-refractivity contribution is 4.92. The lowest BCUT2D eigenvalue weighted by molar-refractivity contribution is 0.256. The van der Waals surface area contributed by atoms with Crippen LogP contribution >= 0.6 is 0 Å². The summed E-state index contributed by atoms with van der Waals surface area (Å²) < 4.78 is 0. The van der Waals surface area contributed by atoms with Gasteiger partial charge < -0.3 is 10.6 Å². The van der Waals surface area contributed by atoms with Gasteiger partial charge in [0.15, 0.2) is 0 Å². The summed E-state index contributed by atoms with van der Waals surface area (Å²) in [7, 11) is 4.33. The van der Waals surface area contributed by atoms with Crippen molar-refractivity contribution in [3.8, 4) is 0 Å². The standard InChI is InChI=1S/C11H23N3/c1-10-8-14(7-5-4-6-12)9-11(10)13(2)3/h4-5,10-11H,6-9,12H2,1-3H3/b5-4+. The van der Waals surface area contributed by atoms with Gasteiger partial charge in [-0.1, -0.05) is 19.1 Å². The zero-order chi connectivity index (χ0) is 10.6. The Morgan fingerprint density at radius 2 is 2.07 bits per heavy atom. The fourth-order valence-electron chi connectivity index (χ4n) is 2.19. The van der Waals surface area contributed by atoms with Crippen LogP contribution in [0.3, 0.4) is 0 Å². The summed E-state index contributed by atoms with van der Waals surface area (Å²) >= 11 is 0. The van der Waals surface area contributed by atoms with E-state index < -0.39 is 0 Å². The maximum atomic E-state index is 5.40. The van der Waals surface area contributed by atoms with Gasteiger partial charge in [0.05, 0.1) is 0 Å². The minimum Gasteiger partial charge on any atom is -0.327 e. The van der Waals surface area contributed by atoms with Gasteiger partial charge in [-0.05, 0) is 20.0 Å². The van der Waals surface area contributed by atoms with Gasteiger partial charge in [-0.3, -0.25) is 4.90 Å². The lowest BCUT2D eigenvalue weighted by Gasteiger charge is -2.22. The Morgan fingerprint density at radius 1 is 1.36 bits per heavy atom. The summed E-state index contributed by atoms with van der Waals surface area (Å²) in [6.07, 6.45) is 4.21. The molecule has 3 heteroatoms. The zero-order valence-corrected chi connectivity index (χ0v) is 9.61. The molecule has 2 atom stereocenters. The molecule has 1 fully saturated rings. The quantitative estimate of drug-likeness (QED) is 0.662. The first-order valence-corrected chi connectivity index (χ1v) is 5.39. The summed E-state index contributed by atoms with van der Waals surface area (Å²) in [5.74, 6) is 0.774. The Kier molecular flexibility index (Phi) is 4.58. The number of nitrogens with two attached hydrogens (primary N) is 1. The molecule has 0 radical (unpaired) electrons. The molecule has 0 spiro atoms. The fourth-order valence-corrected chi connectivity index (χ4v) is 2.19. The molecule has 1 heterocycles. The van der Waals surface area contributed by atoms with E-state index in [4.69, 9.17) is 5.73 Å². The van der Waals surface area contributed by atoms with Crippen molar-refractivity contribution < 1.29 is 0 Å². The van der Waals surface area contributed by atoms with Crippen molar-refractivity contribution in [2.45, 2.75) is 13.0 Å². The van der Waals surface area contributed by atoms with Crippen molar-refractivity contribution in [3.05, 3.63) is 12.2 Å². The molecule has 2 unspecified atom stereocenters. The summed E-state index contributed by atoms with van der Waals surface area (Å²) in [6, 6.07) is 0.710. The van der Waals surface area contributed by atoms with Gasteiger partial charge >= 0.3 is 0 Å². The monoisotopic (exact) mass is 197 g/mol. The average molecular weight is 197 g/mol. The molecule has 3 nitrogen and oxygen atoms in total. The van der Waals surface area contributed by atoms with Gasteiger partial charge in [0.25, 0.3) is 0 Å². The summed E-state index contributed by atoms with van der Waals surface area (Å²) in [6.45, 7) is 6.42. The van der Waals surface area contributed by atoms with E-state index in [1.54, 1.807) is 0 Å². The van der Waals surface area contributed by atoms with Gasteiger partial charge in [-0.25, -0.2) is 0 Å². The summed E-state index contributed by atoms with van der Waals surface area (Å²) in [4.78, 5) is 4.82. The van der Waals surface area contributed by atoms with Gasteiger partial charge in [0.1, 0.15) is 0 Å². The molecule has 2 N–H and O–H groups in total. The highest BCUT2D eigenvalue weighted by Gasteiger charge is 2.29. The van der Waals surface area contributed by atoms with Crippen LogP contribution in [0.15, 0.2) is 12.2 Å². The second-order valence-electron chi connectivity index (χ2n) is 4.43. The summed E-state index contributed by atoms with van der Waals surface area (Å²) in [5, 5.41) is 0. The van der Waals surface area contributed by atoms with Crippen molar-refractivity contribution in [2.75, 3.05) is 40.3 Å². The number of likely N-dealkylation sites (N-methyl/N-ethyl adjacent to an activating group) is 1. The van der Waals surface area contributed by atoms with E-state index in [1.165, 1.54) is 13.1 Å². The maximum absolute atomic E-state index is 5.40. The van der Waals surface area contributed by atoms with Crippen LogP contribution in [-0.4, -0.2) is 56.1 Å². The van der Waals surface area contributed by atoms with Crippen molar-refractivity contribution in [1.29, 1.82) is 0 Å². The highest BCUT2D eigenvalue weighted by atomic mass is 15.2. The molecule has 0 bridgehead atoms. The van der Waals surface area contributed by atoms with Crippen molar-refractivity contribution in [2.24, 2.45) is 11.7 Å². The van der Waals surface area contributed by atoms with Crippen LogP contribution in [0.5, 0.6) is 0 Å². The predicted molar refractivity (Wildman–Crippen MR) is 61.3 cm³/mol. The average Bonchev–Trinajstić information content (AvgIpc) is 2.47. The third kappa shape index (κ3) is 3.08. The van der Waals surface area contributed by atoms with Crippen LogP contribution in [0.2, 0.25) is 0 Å². The van der Waals surface area contributed by atoms with E-state index in [2.05, 4.69) is 36.9 Å². The van der Waals surface area contributed by atoms with Crippen LogP contribution in [-0.2, 0) is 0 Å². The molecule has 1 aliphatic rings. The lowest BCUT2D eigenvalue weighted by Crippen LogP contribution is -2.34. The minimum absolute atomic E-state index is 0.653. The molecular formula is C11H23N3. The van der Waals surface area contributed by atoms with Crippen LogP contribution in [0.25, 0.3) is 0 Å². The third-order valence-corrected chi connectivity index (χ3v) is 2.98. The molecule has 1 saturated heterocycles. The lowest BCUT2D eigenvalue weighted by atomic mass is 10.1. The van der Waals surface area contributed by atoms with Crippen LogP contribution < -0.4 is 5.73 Å². The number of nitrogens with zero attached hydrogens (tertiary/aromatic N) is 2. The first-order valence-electron chi connectivity index (χ1n) is 5.39. The van der Waals surface area contributed by atoms with E-state index in [0.29, 0.717) is 12.6 Å². The number of likely N-dealkylation sites (tertiary alicyclic amines) is 1. The molecule has 14 heavy (non-hydrogen) atoms. The first kappa shape index (κ1) is 11.7. The van der Waals surface area contributed by atoms with E-state index in [9.17, 15) is 0 Å². The van der Waals surface area contributed by atoms with E-state index in [-0.39, 0.29) is 0 Å². The Labute approximate surface area is 87.6 Å². The largest absolute Gasteiger partial charge is 0.327 e. The van der Waals surface area contributed by atoms with Gasteiger partial charge in [-0.2, -0.15) is 0 Å². The van der Waals surface area contributed by atoms with Crippen LogP contribution in [0.4, 0.5) is 0 Å². The molecule has 1 aliphatic heterocycles. The smallest absolute Gasteiger partial charge is 0.0254 e. The SMILES string of the molecule is CC1CN(C/C=C/CN)CC1N(C)C. The molecular weight excluding hydrogens is 174 g/mol. The van der Waals surface area contributed by atoms with Crippen LogP contribution in [0.1, 0.15) is 6.92 Å². The molecule has 0 aliphatic carbocycles. The maximum Gasteiger partial charge on any atom is 0.0254 e. The molecule has 82 valence electrons. The fraction of sp³-hybridized carbons (Fsp3) is 0.818.